The SMILES string of the molecule is CCC(C)(C)CC(C)(C)C(=O)O.COPC(NC=O)POC. The Morgan fingerprint density at radius 3 is 1.95 bits per heavy atom. The van der Waals surface area contributed by atoms with E-state index in [4.69, 9.17) is 14.2 Å². The summed E-state index contributed by atoms with van der Waals surface area (Å²) >= 11 is 0. The molecule has 0 aliphatic rings. The highest BCUT2D eigenvalue weighted by Gasteiger charge is 2.33. The molecule has 0 heterocycles. The van der Waals surface area contributed by atoms with Crippen LogP contribution in [-0.2, 0) is 18.6 Å². The Kier molecular flexibility index (Phi) is 13.3. The van der Waals surface area contributed by atoms with E-state index in [1.165, 1.54) is 0 Å². The number of carboxylic acids is 1. The van der Waals surface area contributed by atoms with Gasteiger partial charge in [0.1, 0.15) is 5.52 Å². The number of carboxylic acid groups (broad SMARTS) is 1. The van der Waals surface area contributed by atoms with Crippen molar-refractivity contribution < 1.29 is 23.7 Å². The predicted molar refractivity (Wildman–Crippen MR) is 93.7 cm³/mol. The van der Waals surface area contributed by atoms with Gasteiger partial charge in [-0.15, -0.1) is 0 Å². The highest BCUT2D eigenvalue weighted by atomic mass is 31.1. The highest BCUT2D eigenvalue weighted by Crippen LogP contribution is 2.35. The van der Waals surface area contributed by atoms with Gasteiger partial charge in [-0.25, -0.2) is 0 Å². The Morgan fingerprint density at radius 2 is 1.68 bits per heavy atom. The lowest BCUT2D eigenvalue weighted by Gasteiger charge is -2.31. The number of rotatable bonds is 10. The number of carbonyl (C=O) groups excluding carboxylic acids is 1. The van der Waals surface area contributed by atoms with E-state index in [0.717, 1.165) is 12.8 Å². The summed E-state index contributed by atoms with van der Waals surface area (Å²) in [5, 5.41) is 11.5. The van der Waals surface area contributed by atoms with Crippen LogP contribution >= 0.6 is 17.6 Å². The third-order valence-electron chi connectivity index (χ3n) is 3.16. The molecule has 8 heteroatoms. The molecule has 2 unspecified atom stereocenters. The second kappa shape index (κ2) is 12.2. The summed E-state index contributed by atoms with van der Waals surface area (Å²) in [5.41, 5.74) is -0.450. The monoisotopic (exact) mass is 355 g/mol. The van der Waals surface area contributed by atoms with Crippen LogP contribution in [0.15, 0.2) is 0 Å². The summed E-state index contributed by atoms with van der Waals surface area (Å²) < 4.78 is 9.68. The van der Waals surface area contributed by atoms with Gasteiger partial charge in [0.05, 0.1) is 5.41 Å². The second-order valence-corrected chi connectivity index (χ2v) is 9.27. The topological polar surface area (TPSA) is 84.9 Å². The molecule has 22 heavy (non-hydrogen) atoms. The van der Waals surface area contributed by atoms with Crippen LogP contribution in [0.4, 0.5) is 0 Å². The van der Waals surface area contributed by atoms with Gasteiger partial charge in [0.2, 0.25) is 6.41 Å². The van der Waals surface area contributed by atoms with Crippen molar-refractivity contribution in [3.63, 3.8) is 0 Å². The summed E-state index contributed by atoms with van der Waals surface area (Å²) in [4.78, 5) is 20.8. The summed E-state index contributed by atoms with van der Waals surface area (Å²) in [6.45, 7) is 9.88. The van der Waals surface area contributed by atoms with Gasteiger partial charge in [-0.3, -0.25) is 9.59 Å². The van der Waals surface area contributed by atoms with Crippen LogP contribution in [0.1, 0.15) is 47.5 Å². The molecule has 2 atom stereocenters. The molecule has 1 amide bonds. The molecular formula is C14H31NO5P2. The molecule has 0 aliphatic carbocycles. The fraction of sp³-hybridized carbons (Fsp3) is 0.857. The highest BCUT2D eigenvalue weighted by molar-refractivity contribution is 7.52. The maximum Gasteiger partial charge on any atom is 0.309 e. The van der Waals surface area contributed by atoms with Crippen molar-refractivity contribution in [1.82, 2.24) is 5.32 Å². The summed E-state index contributed by atoms with van der Waals surface area (Å²) in [5.74, 6) is -0.705. The van der Waals surface area contributed by atoms with Crippen molar-refractivity contribution in [1.29, 1.82) is 0 Å². The maximum atomic E-state index is 10.8. The Balaban J connectivity index is 0. The van der Waals surface area contributed by atoms with Crippen LogP contribution in [0.5, 0.6) is 0 Å². The molecule has 0 radical (unpaired) electrons. The Morgan fingerprint density at radius 1 is 1.23 bits per heavy atom. The van der Waals surface area contributed by atoms with Crippen molar-refractivity contribution in [2.24, 2.45) is 10.8 Å². The van der Waals surface area contributed by atoms with Crippen molar-refractivity contribution in [3.8, 4) is 0 Å². The zero-order valence-corrected chi connectivity index (χ0v) is 16.6. The molecule has 0 aromatic carbocycles. The molecule has 0 spiro atoms. The standard InChI is InChI=1S/C10H20O2.C4H11NO3P2/c1-6-9(2,3)7-10(4,5)8(11)12;1-7-9-4(5-3-6)10-8-2/h6-7H2,1-5H3,(H,11,12);3-4,9-10H,1-2H3,(H,5,6). The van der Waals surface area contributed by atoms with Crippen LogP contribution in [0.3, 0.4) is 0 Å². The molecular weight excluding hydrogens is 324 g/mol. The first-order valence-corrected chi connectivity index (χ1v) is 9.03. The van der Waals surface area contributed by atoms with E-state index < -0.39 is 11.4 Å². The first-order chi connectivity index (χ1) is 10.1. The number of hydrogen-bond donors (Lipinski definition) is 2. The van der Waals surface area contributed by atoms with E-state index in [1.54, 1.807) is 28.1 Å². The van der Waals surface area contributed by atoms with Crippen LogP contribution in [0.2, 0.25) is 0 Å². The van der Waals surface area contributed by atoms with Gasteiger partial charge in [-0.2, -0.15) is 0 Å². The fourth-order valence-electron chi connectivity index (χ4n) is 1.79. The zero-order chi connectivity index (χ0) is 17.8. The summed E-state index contributed by atoms with van der Waals surface area (Å²) in [7, 11) is 3.72. The lowest BCUT2D eigenvalue weighted by Crippen LogP contribution is -2.30. The van der Waals surface area contributed by atoms with E-state index >= 15 is 0 Å². The normalized spacial score (nSPS) is 14.0. The van der Waals surface area contributed by atoms with Crippen LogP contribution in [-0.4, -0.2) is 37.2 Å². The molecule has 0 saturated carbocycles. The largest absolute Gasteiger partial charge is 0.481 e. The minimum atomic E-state index is -0.705. The van der Waals surface area contributed by atoms with E-state index in [1.807, 2.05) is 0 Å². The van der Waals surface area contributed by atoms with E-state index in [2.05, 4.69) is 26.1 Å². The van der Waals surface area contributed by atoms with Crippen LogP contribution in [0, 0.1) is 10.8 Å². The number of nitrogens with one attached hydrogen (secondary N) is 1. The van der Waals surface area contributed by atoms with Crippen molar-refractivity contribution >= 4 is 30.0 Å². The third kappa shape index (κ3) is 12.3. The Hall–Kier alpha value is -0.280. The number of aliphatic carboxylic acids is 1. The van der Waals surface area contributed by atoms with Gasteiger partial charge in [0, 0.05) is 31.8 Å². The van der Waals surface area contributed by atoms with Gasteiger partial charge in [-0.05, 0) is 25.7 Å². The molecule has 0 saturated heterocycles. The number of carbonyl (C=O) groups is 2. The van der Waals surface area contributed by atoms with Crippen LogP contribution < -0.4 is 5.32 Å². The average molecular weight is 355 g/mol. The molecule has 0 aliphatic heterocycles. The maximum absolute atomic E-state index is 10.8. The van der Waals surface area contributed by atoms with Crippen molar-refractivity contribution in [2.45, 2.75) is 53.0 Å². The minimum Gasteiger partial charge on any atom is -0.481 e. The molecule has 0 bridgehead atoms. The van der Waals surface area contributed by atoms with Gasteiger partial charge in [-0.1, -0.05) is 27.2 Å². The molecule has 0 aromatic rings. The van der Waals surface area contributed by atoms with Gasteiger partial charge in [0.15, 0.2) is 0 Å². The van der Waals surface area contributed by atoms with E-state index in [0.29, 0.717) is 6.41 Å². The lowest BCUT2D eigenvalue weighted by atomic mass is 9.74. The average Bonchev–Trinajstić information content (AvgIpc) is 2.39. The summed E-state index contributed by atoms with van der Waals surface area (Å²) in [6.07, 6.45) is 2.40. The first kappa shape index (κ1) is 24.0. The number of amides is 1. The quantitative estimate of drug-likeness (QED) is 0.463. The Labute approximate surface area is 137 Å². The molecule has 6 nitrogen and oxygen atoms in total. The molecule has 2 N–H and O–H groups in total. The molecule has 0 rings (SSSR count). The Bertz CT molecular complexity index is 318. The molecule has 0 fully saturated rings. The smallest absolute Gasteiger partial charge is 0.309 e. The second-order valence-electron chi connectivity index (χ2n) is 6.25. The van der Waals surface area contributed by atoms with E-state index in [9.17, 15) is 9.59 Å². The third-order valence-corrected chi connectivity index (χ3v) is 5.15. The molecule has 132 valence electrons. The zero-order valence-electron chi connectivity index (χ0n) is 14.6. The minimum absolute atomic E-state index is 0.0208. The fourth-order valence-corrected chi connectivity index (χ4v) is 3.44. The van der Waals surface area contributed by atoms with E-state index in [-0.39, 0.29) is 28.6 Å². The van der Waals surface area contributed by atoms with Gasteiger partial charge in [0.25, 0.3) is 0 Å². The van der Waals surface area contributed by atoms with Crippen molar-refractivity contribution in [3.05, 3.63) is 0 Å². The first-order valence-electron chi connectivity index (χ1n) is 7.06. The summed E-state index contributed by atoms with van der Waals surface area (Å²) in [6, 6.07) is 0. The number of hydrogen-bond acceptors (Lipinski definition) is 4. The molecule has 0 aromatic heterocycles. The lowest BCUT2D eigenvalue weighted by molar-refractivity contribution is -0.148. The van der Waals surface area contributed by atoms with Gasteiger partial charge >= 0.3 is 5.97 Å². The van der Waals surface area contributed by atoms with Gasteiger partial charge < -0.3 is 19.5 Å². The van der Waals surface area contributed by atoms with Crippen LogP contribution in [0.25, 0.3) is 0 Å². The van der Waals surface area contributed by atoms with Crippen molar-refractivity contribution in [2.75, 3.05) is 14.2 Å². The predicted octanol–water partition coefficient (Wildman–Crippen LogP) is 3.42.